The Morgan fingerprint density at radius 3 is 1.76 bits per heavy atom. The normalized spacial score (nSPS) is 40.6. The van der Waals surface area contributed by atoms with Gasteiger partial charge in [0.25, 0.3) is 6.08 Å². The predicted molar refractivity (Wildman–Crippen MR) is 124 cm³/mol. The van der Waals surface area contributed by atoms with E-state index in [1.807, 2.05) is 0 Å². The zero-order valence-electron chi connectivity index (χ0n) is 20.1. The molecule has 2 heterocycles. The highest BCUT2D eigenvalue weighted by atomic mass is 19.3. The fourth-order valence-corrected chi connectivity index (χ4v) is 6.18. The second-order valence-corrected chi connectivity index (χ2v) is 10.6. The topological polar surface area (TPSA) is 36.9 Å². The molecule has 0 atom stereocenters. The molecule has 0 radical (unpaired) electrons. The van der Waals surface area contributed by atoms with Gasteiger partial charge in [0.1, 0.15) is 0 Å². The van der Waals surface area contributed by atoms with E-state index in [4.69, 9.17) is 18.9 Å². The third-order valence-corrected chi connectivity index (χ3v) is 8.19. The number of unbranched alkanes of at least 4 members (excludes halogenated alkanes) is 1. The molecule has 33 heavy (non-hydrogen) atoms. The van der Waals surface area contributed by atoms with Crippen LogP contribution in [0.4, 0.5) is 8.78 Å². The lowest BCUT2D eigenvalue weighted by molar-refractivity contribution is -0.289. The Kier molecular flexibility index (Phi) is 9.77. The molecule has 2 saturated carbocycles. The highest BCUT2D eigenvalue weighted by Gasteiger charge is 2.38. The maximum Gasteiger partial charge on any atom is 0.266 e. The van der Waals surface area contributed by atoms with Gasteiger partial charge in [-0.3, -0.25) is 0 Å². The summed E-state index contributed by atoms with van der Waals surface area (Å²) in [4.78, 5) is 0. The molecule has 2 aliphatic carbocycles. The van der Waals surface area contributed by atoms with Crippen molar-refractivity contribution in [3.63, 3.8) is 0 Å². The fraction of sp³-hybridized carbons (Fsp3) is 0.852. The molecule has 0 bridgehead atoms. The third kappa shape index (κ3) is 7.33. The van der Waals surface area contributed by atoms with Gasteiger partial charge in [0, 0.05) is 11.8 Å². The molecule has 4 aliphatic rings. The van der Waals surface area contributed by atoms with Crippen LogP contribution in [0.15, 0.2) is 24.3 Å². The van der Waals surface area contributed by atoms with Gasteiger partial charge in [-0.2, -0.15) is 8.78 Å². The van der Waals surface area contributed by atoms with Gasteiger partial charge in [-0.25, -0.2) is 0 Å². The van der Waals surface area contributed by atoms with Gasteiger partial charge >= 0.3 is 0 Å². The summed E-state index contributed by atoms with van der Waals surface area (Å²) >= 11 is 0. The highest BCUT2D eigenvalue weighted by molar-refractivity contribution is 4.93. The van der Waals surface area contributed by atoms with Crippen molar-refractivity contribution in [2.45, 2.75) is 83.7 Å². The zero-order chi connectivity index (χ0) is 23.0. The second kappa shape index (κ2) is 12.8. The summed E-state index contributed by atoms with van der Waals surface area (Å²) in [6, 6.07) is 0. The van der Waals surface area contributed by atoms with Crippen molar-refractivity contribution < 1.29 is 27.7 Å². The Bertz CT molecular complexity index is 618. The summed E-state index contributed by atoms with van der Waals surface area (Å²) in [6.45, 7) is 4.86. The Morgan fingerprint density at radius 1 is 0.667 bits per heavy atom. The molecule has 0 aromatic carbocycles. The van der Waals surface area contributed by atoms with Crippen molar-refractivity contribution in [3.05, 3.63) is 24.3 Å². The average molecular weight is 469 g/mol. The van der Waals surface area contributed by atoms with E-state index in [2.05, 4.69) is 19.1 Å². The first-order chi connectivity index (χ1) is 16.1. The SMILES string of the molecule is CCCC=CC1COC(C2COC(C3CCC(C4CCC(C=C(F)F)CC4)CC3)OC2)OC1. The summed E-state index contributed by atoms with van der Waals surface area (Å²) < 4.78 is 49.3. The molecule has 0 unspecified atom stereocenters. The van der Waals surface area contributed by atoms with Crippen LogP contribution in [-0.4, -0.2) is 39.0 Å². The van der Waals surface area contributed by atoms with E-state index < -0.39 is 6.08 Å². The lowest BCUT2D eigenvalue weighted by Crippen LogP contribution is -2.46. The summed E-state index contributed by atoms with van der Waals surface area (Å²) in [5.41, 5.74) is 0. The lowest BCUT2D eigenvalue weighted by Gasteiger charge is -2.42. The van der Waals surface area contributed by atoms with Crippen molar-refractivity contribution in [1.29, 1.82) is 0 Å². The average Bonchev–Trinajstić information content (AvgIpc) is 2.85. The molecule has 0 N–H and O–H groups in total. The number of ether oxygens (including phenoxy) is 4. The minimum atomic E-state index is -1.51. The van der Waals surface area contributed by atoms with Crippen molar-refractivity contribution in [2.75, 3.05) is 26.4 Å². The monoisotopic (exact) mass is 468 g/mol. The molecule has 4 fully saturated rings. The molecule has 0 aromatic heterocycles. The van der Waals surface area contributed by atoms with Crippen LogP contribution < -0.4 is 0 Å². The fourth-order valence-electron chi connectivity index (χ4n) is 6.18. The van der Waals surface area contributed by atoms with Gasteiger partial charge in [0.2, 0.25) is 0 Å². The maximum atomic E-state index is 12.5. The van der Waals surface area contributed by atoms with E-state index in [0.29, 0.717) is 44.2 Å². The predicted octanol–water partition coefficient (Wildman–Crippen LogP) is 6.71. The van der Waals surface area contributed by atoms with E-state index >= 15 is 0 Å². The van der Waals surface area contributed by atoms with Gasteiger partial charge in [-0.15, -0.1) is 0 Å². The number of hydrogen-bond donors (Lipinski definition) is 0. The van der Waals surface area contributed by atoms with Crippen molar-refractivity contribution in [3.8, 4) is 0 Å². The smallest absolute Gasteiger partial charge is 0.266 e. The standard InChI is InChI=1S/C27H42F2O4/c1-2-3-4-5-20-15-30-27(31-16-20)24-17-32-26(33-18-24)23-12-10-22(11-13-23)21-8-6-19(7-9-21)14-25(28)29/h4-5,14,19-24,26-27H,2-3,6-13,15-18H2,1H3. The Hall–Kier alpha value is -0.820. The molecule has 188 valence electrons. The third-order valence-electron chi connectivity index (χ3n) is 8.19. The van der Waals surface area contributed by atoms with Crippen LogP contribution >= 0.6 is 0 Å². The van der Waals surface area contributed by atoms with E-state index in [0.717, 1.165) is 57.3 Å². The van der Waals surface area contributed by atoms with Crippen molar-refractivity contribution in [2.24, 2.45) is 35.5 Å². The van der Waals surface area contributed by atoms with Crippen LogP contribution in [0.5, 0.6) is 0 Å². The van der Waals surface area contributed by atoms with Crippen LogP contribution in [0.3, 0.4) is 0 Å². The number of allylic oxidation sites excluding steroid dienone is 2. The Morgan fingerprint density at radius 2 is 1.18 bits per heavy atom. The van der Waals surface area contributed by atoms with Gasteiger partial charge < -0.3 is 18.9 Å². The number of halogens is 2. The molecular formula is C27H42F2O4. The minimum absolute atomic E-state index is 0.0834. The summed E-state index contributed by atoms with van der Waals surface area (Å²) in [5, 5.41) is 0. The zero-order valence-corrected chi connectivity index (χ0v) is 20.1. The van der Waals surface area contributed by atoms with Gasteiger partial charge in [-0.1, -0.05) is 25.5 Å². The molecule has 4 nitrogen and oxygen atoms in total. The minimum Gasteiger partial charge on any atom is -0.352 e. The van der Waals surface area contributed by atoms with Gasteiger partial charge in [0.05, 0.1) is 32.3 Å². The van der Waals surface area contributed by atoms with E-state index in [-0.39, 0.29) is 24.4 Å². The van der Waals surface area contributed by atoms with Crippen LogP contribution in [-0.2, 0) is 18.9 Å². The van der Waals surface area contributed by atoms with Gasteiger partial charge in [-0.05, 0) is 81.6 Å². The summed E-state index contributed by atoms with van der Waals surface area (Å²) in [5.74, 6) is 2.47. The first-order valence-corrected chi connectivity index (χ1v) is 13.3. The summed E-state index contributed by atoms with van der Waals surface area (Å²) in [7, 11) is 0. The molecule has 0 aromatic rings. The van der Waals surface area contributed by atoms with Crippen molar-refractivity contribution >= 4 is 0 Å². The molecular weight excluding hydrogens is 426 g/mol. The van der Waals surface area contributed by atoms with Crippen molar-refractivity contribution in [1.82, 2.24) is 0 Å². The van der Waals surface area contributed by atoms with E-state index in [1.165, 1.54) is 18.9 Å². The molecule has 0 spiro atoms. The lowest BCUT2D eigenvalue weighted by atomic mass is 9.69. The van der Waals surface area contributed by atoms with E-state index in [9.17, 15) is 8.78 Å². The number of hydrogen-bond acceptors (Lipinski definition) is 4. The maximum absolute atomic E-state index is 12.5. The van der Waals surface area contributed by atoms with Crippen LogP contribution in [0.1, 0.15) is 71.1 Å². The first-order valence-electron chi connectivity index (χ1n) is 13.3. The highest BCUT2D eigenvalue weighted by Crippen LogP contribution is 2.43. The first kappa shape index (κ1) is 25.3. The molecule has 2 saturated heterocycles. The largest absolute Gasteiger partial charge is 0.352 e. The second-order valence-electron chi connectivity index (χ2n) is 10.6. The van der Waals surface area contributed by atoms with Gasteiger partial charge in [0.15, 0.2) is 12.6 Å². The van der Waals surface area contributed by atoms with E-state index in [1.54, 1.807) is 0 Å². The molecule has 4 rings (SSSR count). The Balaban J connectivity index is 1.12. The number of rotatable bonds is 7. The summed E-state index contributed by atoms with van der Waals surface area (Å²) in [6.07, 6.45) is 14.7. The molecule has 2 aliphatic heterocycles. The van der Waals surface area contributed by atoms with Crippen LogP contribution in [0.2, 0.25) is 0 Å². The molecule has 6 heteroatoms. The van der Waals surface area contributed by atoms with Crippen LogP contribution in [0, 0.1) is 35.5 Å². The quantitative estimate of drug-likeness (QED) is 0.389. The molecule has 0 amide bonds. The Labute approximate surface area is 198 Å². The van der Waals surface area contributed by atoms with Crippen LogP contribution in [0.25, 0.3) is 0 Å².